The molecule has 0 fully saturated rings. The van der Waals surface area contributed by atoms with Gasteiger partial charge in [-0.1, -0.05) is 39.8 Å². The Labute approximate surface area is 125 Å². The quantitative estimate of drug-likeness (QED) is 0.894. The van der Waals surface area contributed by atoms with Gasteiger partial charge < -0.3 is 5.32 Å². The molecule has 3 nitrogen and oxygen atoms in total. The van der Waals surface area contributed by atoms with Crippen molar-refractivity contribution in [3.05, 3.63) is 45.6 Å². The van der Waals surface area contributed by atoms with E-state index in [1.54, 1.807) is 18.7 Å². The summed E-state index contributed by atoms with van der Waals surface area (Å²) in [5.41, 5.74) is 2.65. The van der Waals surface area contributed by atoms with Crippen LogP contribution in [-0.4, -0.2) is 17.2 Å². The molecule has 0 spiro atoms. The predicted octanol–water partition coefficient (Wildman–Crippen LogP) is 3.68. The summed E-state index contributed by atoms with van der Waals surface area (Å²) in [4.78, 5) is 16.5. The van der Waals surface area contributed by atoms with Crippen molar-refractivity contribution >= 4 is 38.6 Å². The summed E-state index contributed by atoms with van der Waals surface area (Å²) in [5.74, 6) is 0.0572. The summed E-state index contributed by atoms with van der Waals surface area (Å²) in [6.07, 6.45) is 1.97. The molecular formula is C14H15BrN2OS. The number of aliphatic imine (C=N–C) groups is 1. The molecule has 19 heavy (non-hydrogen) atoms. The molecule has 0 amide bonds. The van der Waals surface area contributed by atoms with Crippen LogP contribution in [0.5, 0.6) is 0 Å². The zero-order chi connectivity index (χ0) is 14.0. The molecule has 0 aliphatic carbocycles. The Morgan fingerprint density at radius 2 is 2.00 bits per heavy atom. The number of benzene rings is 1. The molecule has 1 aromatic rings. The molecular weight excluding hydrogens is 324 g/mol. The van der Waals surface area contributed by atoms with Gasteiger partial charge in [0.1, 0.15) is 6.04 Å². The molecule has 1 atom stereocenters. The molecule has 2 rings (SSSR count). The Balaban J connectivity index is 2.48. The monoisotopic (exact) mass is 338 g/mol. The van der Waals surface area contributed by atoms with Crippen LogP contribution in [0.15, 0.2) is 45.0 Å². The number of halogens is 1. The van der Waals surface area contributed by atoms with Crippen LogP contribution in [0.3, 0.4) is 0 Å². The standard InChI is InChI=1S/C14H15BrN2OS/c1-8-12(9(2)18)13(17-14(16-8)19-3)10-4-6-11(15)7-5-10/h4-7,13H,1-3H3,(H,16,17)/t13-/m0/s1. The first-order valence-electron chi connectivity index (χ1n) is 5.89. The van der Waals surface area contributed by atoms with Crippen molar-refractivity contribution < 1.29 is 4.79 Å². The summed E-state index contributed by atoms with van der Waals surface area (Å²) in [5, 5.41) is 4.01. The fourth-order valence-electron chi connectivity index (χ4n) is 2.09. The Kier molecular flexibility index (Phi) is 4.47. The average Bonchev–Trinajstić information content (AvgIpc) is 2.38. The van der Waals surface area contributed by atoms with Gasteiger partial charge in [0.15, 0.2) is 11.0 Å². The number of nitrogens with zero attached hydrogens (tertiary/aromatic N) is 1. The SMILES string of the molecule is CSC1=N[C@@H](c2ccc(Br)cc2)C(C(C)=O)=C(C)N1. The highest BCUT2D eigenvalue weighted by atomic mass is 79.9. The normalized spacial score (nSPS) is 18.9. The molecule has 0 bridgehead atoms. The number of thioether (sulfide) groups is 1. The van der Waals surface area contributed by atoms with Crippen LogP contribution in [0, 0.1) is 0 Å². The number of nitrogens with one attached hydrogen (secondary N) is 1. The van der Waals surface area contributed by atoms with Crippen molar-refractivity contribution in [2.24, 2.45) is 4.99 Å². The van der Waals surface area contributed by atoms with Crippen LogP contribution in [0.2, 0.25) is 0 Å². The first-order chi connectivity index (χ1) is 9.02. The lowest BCUT2D eigenvalue weighted by atomic mass is 9.94. The Hall–Kier alpha value is -1.07. The molecule has 0 aromatic heterocycles. The number of ketones is 1. The molecule has 1 aliphatic heterocycles. The van der Waals surface area contributed by atoms with Gasteiger partial charge in [-0.2, -0.15) is 0 Å². The summed E-state index contributed by atoms with van der Waals surface area (Å²) >= 11 is 4.97. The highest BCUT2D eigenvalue weighted by Crippen LogP contribution is 2.32. The van der Waals surface area contributed by atoms with Crippen LogP contribution in [0.4, 0.5) is 0 Å². The second-order valence-electron chi connectivity index (χ2n) is 4.31. The molecule has 0 saturated heterocycles. The summed E-state index contributed by atoms with van der Waals surface area (Å²) in [6, 6.07) is 7.72. The van der Waals surface area contributed by atoms with Gasteiger partial charge in [0.25, 0.3) is 0 Å². The highest BCUT2D eigenvalue weighted by molar-refractivity contribution is 9.10. The maximum atomic E-state index is 11.9. The maximum absolute atomic E-state index is 11.9. The van der Waals surface area contributed by atoms with Crippen molar-refractivity contribution in [3.63, 3.8) is 0 Å². The Morgan fingerprint density at radius 1 is 1.37 bits per heavy atom. The van der Waals surface area contributed by atoms with E-state index in [2.05, 4.69) is 26.2 Å². The molecule has 0 unspecified atom stereocenters. The topological polar surface area (TPSA) is 41.5 Å². The van der Waals surface area contributed by atoms with Gasteiger partial charge in [0.2, 0.25) is 0 Å². The van der Waals surface area contributed by atoms with E-state index < -0.39 is 0 Å². The number of rotatable bonds is 2. The number of Topliss-reactive ketones (excluding diaryl/α,β-unsaturated/α-hetero) is 1. The second kappa shape index (κ2) is 5.92. The van der Waals surface area contributed by atoms with Gasteiger partial charge >= 0.3 is 0 Å². The van der Waals surface area contributed by atoms with E-state index in [1.807, 2.05) is 37.4 Å². The summed E-state index contributed by atoms with van der Waals surface area (Å²) in [7, 11) is 0. The van der Waals surface area contributed by atoms with Crippen LogP contribution < -0.4 is 5.32 Å². The van der Waals surface area contributed by atoms with Gasteiger partial charge in [-0.05, 0) is 37.8 Å². The molecule has 1 aromatic carbocycles. The minimum Gasteiger partial charge on any atom is -0.338 e. The van der Waals surface area contributed by atoms with E-state index in [0.29, 0.717) is 0 Å². The Bertz CT molecular complexity index is 563. The third-order valence-electron chi connectivity index (χ3n) is 2.98. The minimum atomic E-state index is -0.214. The molecule has 1 aliphatic rings. The lowest BCUT2D eigenvalue weighted by molar-refractivity contribution is -0.113. The number of carbonyl (C=O) groups is 1. The third kappa shape index (κ3) is 3.09. The molecule has 5 heteroatoms. The van der Waals surface area contributed by atoms with Gasteiger partial charge in [0.05, 0.1) is 0 Å². The lowest BCUT2D eigenvalue weighted by Gasteiger charge is -2.25. The number of amidine groups is 1. The van der Waals surface area contributed by atoms with Crippen molar-refractivity contribution in [1.29, 1.82) is 0 Å². The van der Waals surface area contributed by atoms with Crippen LogP contribution in [-0.2, 0) is 4.79 Å². The minimum absolute atomic E-state index is 0.0572. The number of carbonyl (C=O) groups excluding carboxylic acids is 1. The molecule has 1 heterocycles. The van der Waals surface area contributed by atoms with Crippen molar-refractivity contribution in [1.82, 2.24) is 5.32 Å². The maximum Gasteiger partial charge on any atom is 0.161 e. The molecule has 0 radical (unpaired) electrons. The first kappa shape index (κ1) is 14.3. The zero-order valence-corrected chi connectivity index (χ0v) is 13.4. The van der Waals surface area contributed by atoms with Gasteiger partial charge in [-0.25, -0.2) is 4.99 Å². The van der Waals surface area contributed by atoms with Crippen molar-refractivity contribution in [2.45, 2.75) is 19.9 Å². The summed E-state index contributed by atoms with van der Waals surface area (Å²) in [6.45, 7) is 3.51. The predicted molar refractivity (Wildman–Crippen MR) is 84.3 cm³/mol. The van der Waals surface area contributed by atoms with E-state index in [9.17, 15) is 4.79 Å². The van der Waals surface area contributed by atoms with Crippen molar-refractivity contribution in [3.8, 4) is 0 Å². The lowest BCUT2D eigenvalue weighted by Crippen LogP contribution is -2.28. The van der Waals surface area contributed by atoms with E-state index in [-0.39, 0.29) is 11.8 Å². The average molecular weight is 339 g/mol. The second-order valence-corrected chi connectivity index (χ2v) is 6.02. The Morgan fingerprint density at radius 3 is 2.53 bits per heavy atom. The fourth-order valence-corrected chi connectivity index (χ4v) is 2.82. The van der Waals surface area contributed by atoms with Crippen molar-refractivity contribution in [2.75, 3.05) is 6.26 Å². The molecule has 1 N–H and O–H groups in total. The van der Waals surface area contributed by atoms with Gasteiger partial charge in [0, 0.05) is 15.7 Å². The van der Waals surface area contributed by atoms with Gasteiger partial charge in [-0.15, -0.1) is 0 Å². The number of allylic oxidation sites excluding steroid dienone is 1. The molecule has 0 saturated carbocycles. The van der Waals surface area contributed by atoms with E-state index >= 15 is 0 Å². The molecule has 100 valence electrons. The fraction of sp³-hybridized carbons (Fsp3) is 0.286. The number of hydrogen-bond acceptors (Lipinski definition) is 4. The smallest absolute Gasteiger partial charge is 0.161 e. The number of hydrogen-bond donors (Lipinski definition) is 1. The van der Waals surface area contributed by atoms with E-state index in [4.69, 9.17) is 0 Å². The van der Waals surface area contributed by atoms with E-state index in [0.717, 1.165) is 26.5 Å². The summed E-state index contributed by atoms with van der Waals surface area (Å²) < 4.78 is 1.02. The largest absolute Gasteiger partial charge is 0.338 e. The van der Waals surface area contributed by atoms with E-state index in [1.165, 1.54) is 0 Å². The van der Waals surface area contributed by atoms with Gasteiger partial charge in [-0.3, -0.25) is 4.79 Å². The third-order valence-corrected chi connectivity index (χ3v) is 4.10. The van der Waals surface area contributed by atoms with Crippen LogP contribution in [0.1, 0.15) is 25.5 Å². The highest BCUT2D eigenvalue weighted by Gasteiger charge is 2.26. The zero-order valence-electron chi connectivity index (χ0n) is 11.0. The van der Waals surface area contributed by atoms with Crippen LogP contribution in [0.25, 0.3) is 0 Å². The van der Waals surface area contributed by atoms with Crippen LogP contribution >= 0.6 is 27.7 Å². The first-order valence-corrected chi connectivity index (χ1v) is 7.90.